The molecule has 1 saturated heterocycles. The molecule has 1 fully saturated rings. The van der Waals surface area contributed by atoms with E-state index in [-0.39, 0.29) is 31.0 Å². The minimum absolute atomic E-state index is 0.198. The van der Waals surface area contributed by atoms with Gasteiger partial charge in [0.05, 0.1) is 6.61 Å². The highest BCUT2D eigenvalue weighted by Crippen LogP contribution is 2.36. The number of rotatable bonds is 8. The Bertz CT molecular complexity index is 816. The van der Waals surface area contributed by atoms with Crippen LogP contribution in [0.4, 0.5) is 9.39 Å². The van der Waals surface area contributed by atoms with Gasteiger partial charge in [0.25, 0.3) is 5.91 Å². The molecule has 1 aromatic heterocycles. The Morgan fingerprint density at radius 3 is 2.82 bits per heavy atom. The largest absolute Gasteiger partial charge is 0.462 e. The van der Waals surface area contributed by atoms with E-state index in [0.717, 1.165) is 26.0 Å². The molecule has 0 saturated carbocycles. The average molecular weight is 407 g/mol. The number of halogens is 1. The first-order valence-electron chi connectivity index (χ1n) is 9.36. The van der Waals surface area contributed by atoms with Crippen LogP contribution in [0.25, 0.3) is 11.1 Å². The first kappa shape index (κ1) is 20.4. The van der Waals surface area contributed by atoms with E-state index in [9.17, 15) is 14.0 Å². The second kappa shape index (κ2) is 9.77. The van der Waals surface area contributed by atoms with Crippen molar-refractivity contribution in [1.29, 1.82) is 0 Å². The first-order chi connectivity index (χ1) is 13.6. The minimum atomic E-state index is -0.512. The molecule has 0 radical (unpaired) electrons. The molecule has 150 valence electrons. The molecule has 3 rings (SSSR count). The van der Waals surface area contributed by atoms with Gasteiger partial charge in [-0.2, -0.15) is 0 Å². The summed E-state index contributed by atoms with van der Waals surface area (Å²) in [5.74, 6) is -1.07. The fourth-order valence-corrected chi connectivity index (χ4v) is 4.08. The van der Waals surface area contributed by atoms with E-state index < -0.39 is 5.97 Å². The number of anilines is 1. The zero-order valence-electron chi connectivity index (χ0n) is 15.7. The van der Waals surface area contributed by atoms with Crippen LogP contribution < -0.4 is 10.6 Å². The molecule has 8 heteroatoms. The highest BCUT2D eigenvalue weighted by atomic mass is 32.1. The van der Waals surface area contributed by atoms with Crippen LogP contribution in [0.15, 0.2) is 29.6 Å². The first-order valence-corrected chi connectivity index (χ1v) is 10.2. The number of ether oxygens (including phenoxy) is 2. The van der Waals surface area contributed by atoms with Gasteiger partial charge in [0.1, 0.15) is 29.0 Å². The maximum atomic E-state index is 13.2. The van der Waals surface area contributed by atoms with Crippen LogP contribution in [0.5, 0.6) is 0 Å². The summed E-state index contributed by atoms with van der Waals surface area (Å²) in [7, 11) is 0. The Balaban J connectivity index is 1.71. The summed E-state index contributed by atoms with van der Waals surface area (Å²) >= 11 is 1.25. The van der Waals surface area contributed by atoms with Gasteiger partial charge in [-0.25, -0.2) is 9.18 Å². The van der Waals surface area contributed by atoms with Gasteiger partial charge in [0.2, 0.25) is 0 Å². The molecule has 1 atom stereocenters. The Hall–Kier alpha value is -2.29. The lowest BCUT2D eigenvalue weighted by Gasteiger charge is -2.10. The summed E-state index contributed by atoms with van der Waals surface area (Å²) in [6.45, 7) is 3.71. The Morgan fingerprint density at radius 2 is 2.14 bits per heavy atom. The van der Waals surface area contributed by atoms with Gasteiger partial charge in [0.15, 0.2) is 6.54 Å². The van der Waals surface area contributed by atoms with E-state index in [1.54, 1.807) is 24.4 Å². The number of amides is 1. The number of hydrogen-bond acceptors (Lipinski definition) is 5. The molecule has 2 heterocycles. The highest BCUT2D eigenvalue weighted by molar-refractivity contribution is 7.15. The zero-order valence-corrected chi connectivity index (χ0v) is 16.5. The summed E-state index contributed by atoms with van der Waals surface area (Å²) in [4.78, 5) is 24.8. The molecule has 0 unspecified atom stereocenters. The number of nitrogens with two attached hydrogens (primary N) is 1. The fourth-order valence-electron chi connectivity index (χ4n) is 3.11. The molecule has 1 aromatic carbocycles. The molecule has 28 heavy (non-hydrogen) atoms. The number of carbonyl (C=O) groups excluding carboxylic acids is 2. The van der Waals surface area contributed by atoms with Crippen LogP contribution in [-0.2, 0) is 14.3 Å². The maximum Gasteiger partial charge on any atom is 0.341 e. The molecule has 2 aromatic rings. The molecule has 0 aliphatic carbocycles. The van der Waals surface area contributed by atoms with E-state index in [1.165, 1.54) is 23.5 Å². The van der Waals surface area contributed by atoms with E-state index in [1.807, 2.05) is 5.32 Å². The summed E-state index contributed by atoms with van der Waals surface area (Å²) in [5, 5.41) is 6.92. The van der Waals surface area contributed by atoms with Crippen LogP contribution in [0.3, 0.4) is 0 Å². The van der Waals surface area contributed by atoms with Gasteiger partial charge in [-0.05, 0) is 37.5 Å². The Morgan fingerprint density at radius 1 is 1.36 bits per heavy atom. The van der Waals surface area contributed by atoms with Crippen molar-refractivity contribution in [2.75, 3.05) is 31.6 Å². The smallest absolute Gasteiger partial charge is 0.341 e. The van der Waals surface area contributed by atoms with Crippen molar-refractivity contribution in [3.05, 3.63) is 41.0 Å². The lowest BCUT2D eigenvalue weighted by Crippen LogP contribution is -2.88. The SMILES string of the molecule is CCOC(=O)c1c(-c2ccc(F)cc2)csc1NC(=O)C[NH2+]C[C@@H]1CCCO1. The van der Waals surface area contributed by atoms with Crippen molar-refractivity contribution in [3.8, 4) is 11.1 Å². The third kappa shape index (κ3) is 5.15. The van der Waals surface area contributed by atoms with E-state index >= 15 is 0 Å². The lowest BCUT2D eigenvalue weighted by atomic mass is 10.0. The summed E-state index contributed by atoms with van der Waals surface area (Å²) in [5.41, 5.74) is 1.60. The van der Waals surface area contributed by atoms with Crippen LogP contribution in [0, 0.1) is 5.82 Å². The van der Waals surface area contributed by atoms with Crippen LogP contribution in [-0.4, -0.2) is 44.3 Å². The van der Waals surface area contributed by atoms with E-state index in [4.69, 9.17) is 9.47 Å². The van der Waals surface area contributed by atoms with Crippen molar-refractivity contribution in [2.45, 2.75) is 25.9 Å². The summed E-state index contributed by atoms with van der Waals surface area (Å²) < 4.78 is 23.9. The van der Waals surface area contributed by atoms with Crippen LogP contribution in [0.1, 0.15) is 30.1 Å². The molecule has 3 N–H and O–H groups in total. The van der Waals surface area contributed by atoms with Crippen LogP contribution >= 0.6 is 11.3 Å². The van der Waals surface area contributed by atoms with Crippen molar-refractivity contribution in [3.63, 3.8) is 0 Å². The maximum absolute atomic E-state index is 13.2. The summed E-state index contributed by atoms with van der Waals surface area (Å²) in [6.07, 6.45) is 2.29. The molecule has 1 aliphatic rings. The van der Waals surface area contributed by atoms with Gasteiger partial charge >= 0.3 is 5.97 Å². The van der Waals surface area contributed by atoms with Gasteiger partial charge < -0.3 is 20.1 Å². The number of benzene rings is 1. The van der Waals surface area contributed by atoms with Gasteiger partial charge in [0, 0.05) is 17.6 Å². The van der Waals surface area contributed by atoms with Gasteiger partial charge in [-0.15, -0.1) is 11.3 Å². The second-order valence-electron chi connectivity index (χ2n) is 6.49. The standard InChI is InChI=1S/C20H23FN2O4S/c1-2-26-20(25)18-16(13-5-7-14(21)8-6-13)12-28-19(18)23-17(24)11-22-10-15-4-3-9-27-15/h5-8,12,15,22H,2-4,9-11H2,1H3,(H,23,24)/p+1/t15-/m0/s1. The number of nitrogens with one attached hydrogen (secondary N) is 1. The highest BCUT2D eigenvalue weighted by Gasteiger charge is 2.23. The van der Waals surface area contributed by atoms with Crippen LogP contribution in [0.2, 0.25) is 0 Å². The Labute approximate surface area is 167 Å². The van der Waals surface area contributed by atoms with E-state index in [2.05, 4.69) is 5.32 Å². The van der Waals surface area contributed by atoms with Gasteiger partial charge in [-0.3, -0.25) is 4.79 Å². The second-order valence-corrected chi connectivity index (χ2v) is 7.37. The normalized spacial score (nSPS) is 16.1. The monoisotopic (exact) mass is 407 g/mol. The van der Waals surface area contributed by atoms with Crippen molar-refractivity contribution in [1.82, 2.24) is 0 Å². The van der Waals surface area contributed by atoms with Crippen molar-refractivity contribution in [2.24, 2.45) is 0 Å². The number of thiophene rings is 1. The predicted molar refractivity (Wildman–Crippen MR) is 105 cm³/mol. The topological polar surface area (TPSA) is 81.2 Å². The van der Waals surface area contributed by atoms with E-state index in [0.29, 0.717) is 21.7 Å². The number of esters is 1. The third-order valence-electron chi connectivity index (χ3n) is 4.46. The molecule has 0 spiro atoms. The lowest BCUT2D eigenvalue weighted by molar-refractivity contribution is -0.649. The number of carbonyl (C=O) groups is 2. The number of hydrogen-bond donors (Lipinski definition) is 2. The molecule has 6 nitrogen and oxygen atoms in total. The quantitative estimate of drug-likeness (QED) is 0.659. The Kier molecular flexibility index (Phi) is 7.13. The molecule has 1 amide bonds. The fraction of sp³-hybridized carbons (Fsp3) is 0.400. The summed E-state index contributed by atoms with van der Waals surface area (Å²) in [6, 6.07) is 5.86. The zero-order chi connectivity index (χ0) is 19.9. The van der Waals surface area contributed by atoms with Crippen molar-refractivity contribution < 1.29 is 28.8 Å². The average Bonchev–Trinajstić information content (AvgIpc) is 3.32. The molecule has 0 bridgehead atoms. The number of quaternary nitrogens is 1. The molecule has 1 aliphatic heterocycles. The molecular weight excluding hydrogens is 383 g/mol. The van der Waals surface area contributed by atoms with Gasteiger partial charge in [-0.1, -0.05) is 12.1 Å². The minimum Gasteiger partial charge on any atom is -0.462 e. The molecular formula is C20H24FN2O4S+. The van der Waals surface area contributed by atoms with Crippen molar-refractivity contribution >= 4 is 28.2 Å². The third-order valence-corrected chi connectivity index (χ3v) is 5.36. The predicted octanol–water partition coefficient (Wildman–Crippen LogP) is 2.41.